The second-order valence-electron chi connectivity index (χ2n) is 4.79. The SMILES string of the molecule is CCC(NCC1CCOC1C)C(C)C. The maximum Gasteiger partial charge on any atom is 0.0588 e. The quantitative estimate of drug-likeness (QED) is 0.734. The molecule has 0 amide bonds. The van der Waals surface area contributed by atoms with Gasteiger partial charge in [-0.3, -0.25) is 0 Å². The minimum absolute atomic E-state index is 0.451. The molecule has 3 atom stereocenters. The molecule has 0 saturated carbocycles. The minimum atomic E-state index is 0.451. The number of hydrogen-bond donors (Lipinski definition) is 1. The Morgan fingerprint density at radius 2 is 2.14 bits per heavy atom. The Kier molecular flexibility index (Phi) is 4.90. The monoisotopic (exact) mass is 199 g/mol. The van der Waals surface area contributed by atoms with Gasteiger partial charge in [0.2, 0.25) is 0 Å². The Hall–Kier alpha value is -0.0800. The van der Waals surface area contributed by atoms with Gasteiger partial charge in [0.05, 0.1) is 6.10 Å². The molecule has 1 aliphatic rings. The van der Waals surface area contributed by atoms with Crippen molar-refractivity contribution in [3.8, 4) is 0 Å². The van der Waals surface area contributed by atoms with Gasteiger partial charge in [0.1, 0.15) is 0 Å². The van der Waals surface area contributed by atoms with Crippen molar-refractivity contribution in [2.45, 2.75) is 52.7 Å². The largest absolute Gasteiger partial charge is 0.378 e. The van der Waals surface area contributed by atoms with Crippen molar-refractivity contribution < 1.29 is 4.74 Å². The molecule has 84 valence electrons. The highest BCUT2D eigenvalue weighted by atomic mass is 16.5. The Balaban J connectivity index is 2.24. The lowest BCUT2D eigenvalue weighted by Crippen LogP contribution is -2.38. The molecule has 0 radical (unpaired) electrons. The van der Waals surface area contributed by atoms with Gasteiger partial charge in [-0.15, -0.1) is 0 Å². The summed E-state index contributed by atoms with van der Waals surface area (Å²) in [7, 11) is 0. The topological polar surface area (TPSA) is 21.3 Å². The zero-order chi connectivity index (χ0) is 10.6. The van der Waals surface area contributed by atoms with Crippen LogP contribution >= 0.6 is 0 Å². The lowest BCUT2D eigenvalue weighted by Gasteiger charge is -2.23. The lowest BCUT2D eigenvalue weighted by atomic mass is 9.98. The van der Waals surface area contributed by atoms with E-state index >= 15 is 0 Å². The van der Waals surface area contributed by atoms with Crippen LogP contribution in [0.3, 0.4) is 0 Å². The van der Waals surface area contributed by atoms with Gasteiger partial charge in [0, 0.05) is 19.2 Å². The van der Waals surface area contributed by atoms with E-state index in [0.29, 0.717) is 12.1 Å². The van der Waals surface area contributed by atoms with Gasteiger partial charge in [-0.25, -0.2) is 0 Å². The van der Waals surface area contributed by atoms with Gasteiger partial charge in [-0.05, 0) is 31.6 Å². The first kappa shape index (κ1) is 12.0. The molecule has 0 aromatic rings. The van der Waals surface area contributed by atoms with Crippen LogP contribution in [0.1, 0.15) is 40.5 Å². The Bertz CT molecular complexity index is 156. The van der Waals surface area contributed by atoms with Crippen LogP contribution in [-0.2, 0) is 4.74 Å². The minimum Gasteiger partial charge on any atom is -0.378 e. The summed E-state index contributed by atoms with van der Waals surface area (Å²) in [6.07, 6.45) is 2.90. The van der Waals surface area contributed by atoms with Crippen LogP contribution in [-0.4, -0.2) is 25.3 Å². The first-order valence-corrected chi connectivity index (χ1v) is 6.00. The molecule has 14 heavy (non-hydrogen) atoms. The van der Waals surface area contributed by atoms with Crippen LogP contribution in [0.25, 0.3) is 0 Å². The molecular formula is C12H25NO. The average molecular weight is 199 g/mol. The fourth-order valence-electron chi connectivity index (χ4n) is 2.20. The molecule has 1 rings (SSSR count). The van der Waals surface area contributed by atoms with E-state index in [4.69, 9.17) is 4.74 Å². The summed E-state index contributed by atoms with van der Waals surface area (Å²) in [5.74, 6) is 1.46. The van der Waals surface area contributed by atoms with Gasteiger partial charge < -0.3 is 10.1 Å². The molecule has 1 fully saturated rings. The van der Waals surface area contributed by atoms with Crippen molar-refractivity contribution in [2.24, 2.45) is 11.8 Å². The third kappa shape index (κ3) is 3.25. The van der Waals surface area contributed by atoms with Crippen molar-refractivity contribution in [1.82, 2.24) is 5.32 Å². The van der Waals surface area contributed by atoms with Crippen molar-refractivity contribution >= 4 is 0 Å². The van der Waals surface area contributed by atoms with E-state index in [-0.39, 0.29) is 0 Å². The summed E-state index contributed by atoms with van der Waals surface area (Å²) >= 11 is 0. The van der Waals surface area contributed by atoms with Crippen LogP contribution < -0.4 is 5.32 Å². The molecule has 2 heteroatoms. The Labute approximate surface area is 88.4 Å². The molecule has 0 bridgehead atoms. The third-order valence-electron chi connectivity index (χ3n) is 3.42. The molecule has 3 unspecified atom stereocenters. The molecule has 0 aliphatic carbocycles. The zero-order valence-electron chi connectivity index (χ0n) is 10.0. The van der Waals surface area contributed by atoms with E-state index in [0.717, 1.165) is 25.0 Å². The van der Waals surface area contributed by atoms with Gasteiger partial charge in [0.25, 0.3) is 0 Å². The summed E-state index contributed by atoms with van der Waals surface area (Å²) in [6.45, 7) is 11.1. The molecule has 1 N–H and O–H groups in total. The molecule has 0 aromatic heterocycles. The summed E-state index contributed by atoms with van der Waals surface area (Å²) < 4.78 is 5.55. The van der Waals surface area contributed by atoms with Crippen LogP contribution in [0, 0.1) is 11.8 Å². The number of ether oxygens (including phenoxy) is 1. The zero-order valence-corrected chi connectivity index (χ0v) is 10.0. The van der Waals surface area contributed by atoms with Gasteiger partial charge in [-0.2, -0.15) is 0 Å². The first-order valence-electron chi connectivity index (χ1n) is 6.00. The van der Waals surface area contributed by atoms with Crippen LogP contribution in [0.5, 0.6) is 0 Å². The predicted molar refractivity (Wildman–Crippen MR) is 60.4 cm³/mol. The smallest absolute Gasteiger partial charge is 0.0588 e. The lowest BCUT2D eigenvalue weighted by molar-refractivity contribution is 0.104. The maximum atomic E-state index is 5.55. The summed E-state index contributed by atoms with van der Waals surface area (Å²) in [4.78, 5) is 0. The molecule has 0 spiro atoms. The second-order valence-corrected chi connectivity index (χ2v) is 4.79. The molecule has 1 aliphatic heterocycles. The first-order chi connectivity index (χ1) is 6.65. The number of nitrogens with one attached hydrogen (secondary N) is 1. The highest BCUT2D eigenvalue weighted by Crippen LogP contribution is 2.20. The fraction of sp³-hybridized carbons (Fsp3) is 1.00. The van der Waals surface area contributed by atoms with E-state index in [9.17, 15) is 0 Å². The molecule has 0 aromatic carbocycles. The van der Waals surface area contributed by atoms with E-state index in [2.05, 4.69) is 33.0 Å². The molecule has 1 heterocycles. The van der Waals surface area contributed by atoms with E-state index in [1.165, 1.54) is 12.8 Å². The normalized spacial score (nSPS) is 29.8. The van der Waals surface area contributed by atoms with Crippen molar-refractivity contribution in [1.29, 1.82) is 0 Å². The van der Waals surface area contributed by atoms with Crippen molar-refractivity contribution in [3.63, 3.8) is 0 Å². The average Bonchev–Trinajstić information content (AvgIpc) is 2.52. The number of rotatable bonds is 5. The standard InChI is InChI=1S/C12H25NO/c1-5-12(9(2)3)13-8-11-6-7-14-10(11)4/h9-13H,5-8H2,1-4H3. The van der Waals surface area contributed by atoms with Crippen LogP contribution in [0.4, 0.5) is 0 Å². The second kappa shape index (κ2) is 5.72. The van der Waals surface area contributed by atoms with Crippen LogP contribution in [0.2, 0.25) is 0 Å². The van der Waals surface area contributed by atoms with E-state index in [1.54, 1.807) is 0 Å². The molecule has 2 nitrogen and oxygen atoms in total. The van der Waals surface area contributed by atoms with Gasteiger partial charge in [-0.1, -0.05) is 20.8 Å². The summed E-state index contributed by atoms with van der Waals surface area (Å²) in [5, 5.41) is 3.66. The van der Waals surface area contributed by atoms with Crippen LogP contribution in [0.15, 0.2) is 0 Å². The van der Waals surface area contributed by atoms with Crippen molar-refractivity contribution in [3.05, 3.63) is 0 Å². The maximum absolute atomic E-state index is 5.55. The summed E-state index contributed by atoms with van der Waals surface area (Å²) in [6, 6.07) is 0.669. The van der Waals surface area contributed by atoms with E-state index in [1.807, 2.05) is 0 Å². The van der Waals surface area contributed by atoms with E-state index < -0.39 is 0 Å². The highest BCUT2D eigenvalue weighted by Gasteiger charge is 2.24. The third-order valence-corrected chi connectivity index (χ3v) is 3.42. The summed E-state index contributed by atoms with van der Waals surface area (Å²) in [5.41, 5.74) is 0. The molecular weight excluding hydrogens is 174 g/mol. The number of hydrogen-bond acceptors (Lipinski definition) is 2. The Morgan fingerprint density at radius 3 is 2.57 bits per heavy atom. The van der Waals surface area contributed by atoms with Crippen molar-refractivity contribution in [2.75, 3.05) is 13.2 Å². The molecule has 1 saturated heterocycles. The highest BCUT2D eigenvalue weighted by molar-refractivity contribution is 4.77. The van der Waals surface area contributed by atoms with Gasteiger partial charge >= 0.3 is 0 Å². The Morgan fingerprint density at radius 1 is 1.43 bits per heavy atom. The fourth-order valence-corrected chi connectivity index (χ4v) is 2.20. The predicted octanol–water partition coefficient (Wildman–Crippen LogP) is 2.44. The van der Waals surface area contributed by atoms with Gasteiger partial charge in [0.15, 0.2) is 0 Å².